The van der Waals surface area contributed by atoms with Crippen LogP contribution in [-0.2, 0) is 5.41 Å². The van der Waals surface area contributed by atoms with Crippen LogP contribution < -0.4 is 0 Å². The Morgan fingerprint density at radius 2 is 1.65 bits per heavy atom. The molecule has 0 aromatic heterocycles. The van der Waals surface area contributed by atoms with Gasteiger partial charge < -0.3 is 5.11 Å². The number of benzene rings is 2. The maximum absolute atomic E-state index is 12.7. The number of rotatable bonds is 2. The van der Waals surface area contributed by atoms with E-state index in [-0.39, 0.29) is 16.9 Å². The largest absolute Gasteiger partial charge is 0.507 e. The average Bonchev–Trinajstić information content (AvgIpc) is 2.37. The lowest BCUT2D eigenvalue weighted by Crippen LogP contribution is -2.17. The fourth-order valence-electron chi connectivity index (χ4n) is 2.15. The quantitative estimate of drug-likeness (QED) is 0.614. The van der Waals surface area contributed by atoms with Gasteiger partial charge in [-0.05, 0) is 63.9 Å². The summed E-state index contributed by atoms with van der Waals surface area (Å²) in [7, 11) is 0. The predicted molar refractivity (Wildman–Crippen MR) is 89.4 cm³/mol. The highest BCUT2D eigenvalue weighted by atomic mass is 127. The van der Waals surface area contributed by atoms with Crippen molar-refractivity contribution in [3.63, 3.8) is 0 Å². The molecule has 1 N–H and O–H groups in total. The summed E-state index contributed by atoms with van der Waals surface area (Å²) in [6, 6.07) is 12.6. The van der Waals surface area contributed by atoms with Gasteiger partial charge in [0.15, 0.2) is 5.78 Å². The summed E-state index contributed by atoms with van der Waals surface area (Å²) >= 11 is 2.20. The Labute approximate surface area is 133 Å². The third-order valence-corrected chi connectivity index (χ3v) is 3.90. The number of aromatic hydroxyl groups is 1. The van der Waals surface area contributed by atoms with E-state index in [4.69, 9.17) is 0 Å². The van der Waals surface area contributed by atoms with Gasteiger partial charge >= 0.3 is 0 Å². The highest BCUT2D eigenvalue weighted by Crippen LogP contribution is 2.32. The van der Waals surface area contributed by atoms with E-state index in [0.29, 0.717) is 11.1 Å². The number of carbonyl (C=O) groups excluding carboxylic acids is 1. The number of ketones is 1. The third-order valence-electron chi connectivity index (χ3n) is 3.18. The van der Waals surface area contributed by atoms with E-state index >= 15 is 0 Å². The number of hydrogen-bond donors (Lipinski definition) is 1. The molecule has 0 amide bonds. The molecule has 0 saturated heterocycles. The van der Waals surface area contributed by atoms with Crippen molar-refractivity contribution in [2.45, 2.75) is 26.2 Å². The van der Waals surface area contributed by atoms with Gasteiger partial charge in [0.25, 0.3) is 0 Å². The fourth-order valence-corrected chi connectivity index (χ4v) is 2.51. The van der Waals surface area contributed by atoms with Gasteiger partial charge in [0, 0.05) is 9.13 Å². The SMILES string of the molecule is CC(C)(C)c1cccc(O)c1C(=O)c1ccc(I)cc1. The van der Waals surface area contributed by atoms with Crippen molar-refractivity contribution in [3.05, 3.63) is 62.7 Å². The van der Waals surface area contributed by atoms with Crippen molar-refractivity contribution in [3.8, 4) is 5.75 Å². The molecule has 2 nitrogen and oxygen atoms in total. The van der Waals surface area contributed by atoms with Crippen LogP contribution in [0.3, 0.4) is 0 Å². The minimum atomic E-state index is -0.201. The van der Waals surface area contributed by atoms with E-state index in [2.05, 4.69) is 22.6 Å². The van der Waals surface area contributed by atoms with Crippen LogP contribution in [0.25, 0.3) is 0 Å². The highest BCUT2D eigenvalue weighted by Gasteiger charge is 2.25. The summed E-state index contributed by atoms with van der Waals surface area (Å²) in [5.74, 6) is -0.0922. The van der Waals surface area contributed by atoms with Crippen molar-refractivity contribution >= 4 is 28.4 Å². The Kier molecular flexibility index (Phi) is 4.18. The molecule has 0 aliphatic rings. The minimum Gasteiger partial charge on any atom is -0.507 e. The first kappa shape index (κ1) is 15.0. The second-order valence-electron chi connectivity index (χ2n) is 5.79. The molecule has 2 rings (SSSR count). The molecule has 0 radical (unpaired) electrons. The molecule has 3 heteroatoms. The first-order valence-electron chi connectivity index (χ1n) is 6.43. The molecule has 2 aromatic carbocycles. The summed E-state index contributed by atoms with van der Waals surface area (Å²) in [6.45, 7) is 6.10. The Morgan fingerprint density at radius 3 is 2.20 bits per heavy atom. The van der Waals surface area contributed by atoms with Crippen LogP contribution in [0, 0.1) is 3.57 Å². The molecule has 0 unspecified atom stereocenters. The van der Waals surface area contributed by atoms with E-state index in [1.165, 1.54) is 0 Å². The maximum atomic E-state index is 12.7. The van der Waals surface area contributed by atoms with Gasteiger partial charge in [-0.15, -0.1) is 0 Å². The van der Waals surface area contributed by atoms with Crippen LogP contribution in [0.5, 0.6) is 5.75 Å². The lowest BCUT2D eigenvalue weighted by molar-refractivity contribution is 0.103. The molecule has 0 heterocycles. The number of phenols is 1. The van der Waals surface area contributed by atoms with Crippen molar-refractivity contribution in [1.29, 1.82) is 0 Å². The normalized spacial score (nSPS) is 11.4. The zero-order chi connectivity index (χ0) is 14.9. The Hall–Kier alpha value is -1.36. The smallest absolute Gasteiger partial charge is 0.197 e. The van der Waals surface area contributed by atoms with Gasteiger partial charge in [-0.25, -0.2) is 0 Å². The molecule has 104 valence electrons. The topological polar surface area (TPSA) is 37.3 Å². The standard InChI is InChI=1S/C17H17IO2/c1-17(2,3)13-5-4-6-14(19)15(13)16(20)11-7-9-12(18)10-8-11/h4-10,19H,1-3H3. The Morgan fingerprint density at radius 1 is 1.05 bits per heavy atom. The van der Waals surface area contributed by atoms with E-state index in [1.54, 1.807) is 24.3 Å². The lowest BCUT2D eigenvalue weighted by atomic mass is 9.81. The first-order chi connectivity index (χ1) is 9.30. The van der Waals surface area contributed by atoms with Crippen LogP contribution in [-0.4, -0.2) is 10.9 Å². The molecule has 0 aliphatic carbocycles. The monoisotopic (exact) mass is 380 g/mol. The number of hydrogen-bond acceptors (Lipinski definition) is 2. The number of halogens is 1. The highest BCUT2D eigenvalue weighted by molar-refractivity contribution is 14.1. The third kappa shape index (κ3) is 3.03. The maximum Gasteiger partial charge on any atom is 0.197 e. The van der Waals surface area contributed by atoms with Crippen molar-refractivity contribution in [2.24, 2.45) is 0 Å². The molecule has 20 heavy (non-hydrogen) atoms. The molecule has 2 aromatic rings. The summed E-state index contributed by atoms with van der Waals surface area (Å²) in [5, 5.41) is 10.1. The van der Waals surface area contributed by atoms with Crippen molar-refractivity contribution < 1.29 is 9.90 Å². The first-order valence-corrected chi connectivity index (χ1v) is 7.51. The molecule has 0 bridgehead atoms. The number of phenolic OH excluding ortho intramolecular Hbond substituents is 1. The van der Waals surface area contributed by atoms with Gasteiger partial charge in [-0.1, -0.05) is 32.9 Å². The lowest BCUT2D eigenvalue weighted by Gasteiger charge is -2.23. The van der Waals surface area contributed by atoms with Crippen molar-refractivity contribution in [1.82, 2.24) is 0 Å². The van der Waals surface area contributed by atoms with Gasteiger partial charge in [0.1, 0.15) is 5.75 Å². The summed E-state index contributed by atoms with van der Waals surface area (Å²) < 4.78 is 1.08. The Bertz CT molecular complexity index is 637. The zero-order valence-electron chi connectivity index (χ0n) is 11.8. The van der Waals surface area contributed by atoms with Gasteiger partial charge in [-0.3, -0.25) is 4.79 Å². The summed E-state index contributed by atoms with van der Waals surface area (Å²) in [4.78, 5) is 12.7. The summed E-state index contributed by atoms with van der Waals surface area (Å²) in [6.07, 6.45) is 0. The molecular formula is C17H17IO2. The van der Waals surface area contributed by atoms with Crippen LogP contribution in [0.2, 0.25) is 0 Å². The van der Waals surface area contributed by atoms with Crippen LogP contribution in [0.15, 0.2) is 42.5 Å². The molecular weight excluding hydrogens is 363 g/mol. The molecule has 0 saturated carbocycles. The van der Waals surface area contributed by atoms with E-state index < -0.39 is 0 Å². The van der Waals surface area contributed by atoms with E-state index in [0.717, 1.165) is 9.13 Å². The summed E-state index contributed by atoms with van der Waals surface area (Å²) in [5.41, 5.74) is 1.66. The zero-order valence-corrected chi connectivity index (χ0v) is 13.9. The van der Waals surface area contributed by atoms with Gasteiger partial charge in [0.05, 0.1) is 5.56 Å². The van der Waals surface area contributed by atoms with E-state index in [1.807, 2.05) is 39.0 Å². The minimum absolute atomic E-state index is 0.0426. The second kappa shape index (κ2) is 5.56. The van der Waals surface area contributed by atoms with Gasteiger partial charge in [0.2, 0.25) is 0 Å². The van der Waals surface area contributed by atoms with Crippen LogP contribution in [0.4, 0.5) is 0 Å². The number of carbonyl (C=O) groups is 1. The molecule has 0 spiro atoms. The van der Waals surface area contributed by atoms with Crippen LogP contribution in [0.1, 0.15) is 42.3 Å². The fraction of sp³-hybridized carbons (Fsp3) is 0.235. The van der Waals surface area contributed by atoms with Crippen molar-refractivity contribution in [2.75, 3.05) is 0 Å². The molecule has 0 fully saturated rings. The average molecular weight is 380 g/mol. The van der Waals surface area contributed by atoms with Crippen LogP contribution >= 0.6 is 22.6 Å². The van der Waals surface area contributed by atoms with Gasteiger partial charge in [-0.2, -0.15) is 0 Å². The Balaban J connectivity index is 2.57. The molecule has 0 atom stereocenters. The molecule has 0 aliphatic heterocycles. The second-order valence-corrected chi connectivity index (χ2v) is 7.03. The van der Waals surface area contributed by atoms with E-state index in [9.17, 15) is 9.90 Å². The predicted octanol–water partition coefficient (Wildman–Crippen LogP) is 4.53.